The van der Waals surface area contributed by atoms with Crippen molar-refractivity contribution in [1.29, 1.82) is 0 Å². The minimum atomic E-state index is -3.73. The van der Waals surface area contributed by atoms with Gasteiger partial charge in [-0.3, -0.25) is 19.8 Å². The Labute approximate surface area is 183 Å². The maximum absolute atomic E-state index is 12.8. The minimum absolute atomic E-state index is 0.0583. The van der Waals surface area contributed by atoms with Crippen molar-refractivity contribution >= 4 is 44.8 Å². The average Bonchev–Trinajstić information content (AvgIpc) is 2.70. The van der Waals surface area contributed by atoms with E-state index in [0.29, 0.717) is 18.7 Å². The molecule has 2 N–H and O–H groups in total. The zero-order valence-corrected chi connectivity index (χ0v) is 18.0. The van der Waals surface area contributed by atoms with Gasteiger partial charge in [0.05, 0.1) is 19.9 Å². The highest BCUT2D eigenvalue weighted by molar-refractivity contribution is 7.89. The van der Waals surface area contributed by atoms with Gasteiger partial charge in [-0.2, -0.15) is 4.31 Å². The molecule has 1 aliphatic heterocycles. The lowest BCUT2D eigenvalue weighted by Gasteiger charge is -2.34. The molecule has 0 bridgehead atoms. The molecule has 1 heterocycles. The summed E-state index contributed by atoms with van der Waals surface area (Å²) in [7, 11) is -3.73. The van der Waals surface area contributed by atoms with Crippen molar-refractivity contribution in [2.75, 3.05) is 26.2 Å². The van der Waals surface area contributed by atoms with Crippen LogP contribution in [0.25, 0.3) is 0 Å². The summed E-state index contributed by atoms with van der Waals surface area (Å²) in [4.78, 5) is 24.0. The van der Waals surface area contributed by atoms with Gasteiger partial charge >= 0.3 is 0 Å². The van der Waals surface area contributed by atoms with Crippen LogP contribution in [-0.2, 0) is 16.6 Å². The molecule has 2 aromatic carbocycles. The summed E-state index contributed by atoms with van der Waals surface area (Å²) in [6, 6.07) is 8.24. The molecule has 0 aromatic heterocycles. The molecule has 0 aliphatic carbocycles. The number of primary amides is 1. The molecule has 1 fully saturated rings. The number of hydrogen-bond acceptors (Lipinski definition) is 6. The maximum atomic E-state index is 12.8. The Hall–Kier alpha value is -2.24. The molecule has 1 amide bonds. The molecular formula is C18H18Cl2N4O5S. The van der Waals surface area contributed by atoms with Crippen LogP contribution in [0.1, 0.15) is 15.9 Å². The predicted octanol–water partition coefficient (Wildman–Crippen LogP) is 2.51. The Morgan fingerprint density at radius 1 is 1.07 bits per heavy atom. The van der Waals surface area contributed by atoms with E-state index in [2.05, 4.69) is 0 Å². The minimum Gasteiger partial charge on any atom is -0.366 e. The summed E-state index contributed by atoms with van der Waals surface area (Å²) in [5.74, 6) is -0.745. The maximum Gasteiger partial charge on any atom is 0.274 e. The van der Waals surface area contributed by atoms with Gasteiger partial charge in [-0.15, -0.1) is 0 Å². The number of halogens is 2. The van der Waals surface area contributed by atoms with E-state index in [9.17, 15) is 23.3 Å². The third-order valence-electron chi connectivity index (χ3n) is 4.82. The van der Waals surface area contributed by atoms with Crippen LogP contribution in [0.3, 0.4) is 0 Å². The molecule has 0 spiro atoms. The topological polar surface area (TPSA) is 127 Å². The number of nitrogens with zero attached hydrogens (tertiary/aromatic N) is 3. The van der Waals surface area contributed by atoms with Gasteiger partial charge in [-0.05, 0) is 24.3 Å². The molecule has 1 saturated heterocycles. The van der Waals surface area contributed by atoms with Crippen molar-refractivity contribution in [2.45, 2.75) is 11.4 Å². The summed E-state index contributed by atoms with van der Waals surface area (Å²) in [5.41, 5.74) is 5.47. The lowest BCUT2D eigenvalue weighted by molar-refractivity contribution is -0.385. The van der Waals surface area contributed by atoms with Crippen molar-refractivity contribution in [1.82, 2.24) is 9.21 Å². The average molecular weight is 473 g/mol. The number of nitrogens with two attached hydrogens (primary N) is 1. The van der Waals surface area contributed by atoms with Gasteiger partial charge in [-0.25, -0.2) is 8.42 Å². The normalized spacial score (nSPS) is 15.8. The zero-order chi connectivity index (χ0) is 22.1. The van der Waals surface area contributed by atoms with E-state index < -0.39 is 20.9 Å². The first-order chi connectivity index (χ1) is 14.1. The highest BCUT2D eigenvalue weighted by Crippen LogP contribution is 2.28. The van der Waals surface area contributed by atoms with Crippen LogP contribution >= 0.6 is 23.2 Å². The van der Waals surface area contributed by atoms with Crippen molar-refractivity contribution < 1.29 is 18.1 Å². The standard InChI is InChI=1S/C18H18Cl2N4O5S/c19-15-4-3-14(10-16(15)20)30(28,29)23-7-5-22(6-8-23)11-13-2-1-12(18(21)25)9-17(13)24(26)27/h1-4,9-10H,5-8,11H2,(H2,21,25). The number of carbonyl (C=O) groups excluding carboxylic acids is 1. The number of benzene rings is 2. The van der Waals surface area contributed by atoms with E-state index in [-0.39, 0.29) is 45.8 Å². The van der Waals surface area contributed by atoms with Crippen molar-refractivity contribution in [3.05, 3.63) is 67.7 Å². The van der Waals surface area contributed by atoms with Gasteiger partial charge in [0, 0.05) is 49.9 Å². The first kappa shape index (κ1) is 22.4. The van der Waals surface area contributed by atoms with E-state index in [1.165, 1.54) is 34.6 Å². The van der Waals surface area contributed by atoms with Gasteiger partial charge in [0.2, 0.25) is 15.9 Å². The lowest BCUT2D eigenvalue weighted by atomic mass is 10.1. The second-order valence-electron chi connectivity index (χ2n) is 6.72. The van der Waals surface area contributed by atoms with E-state index in [4.69, 9.17) is 28.9 Å². The smallest absolute Gasteiger partial charge is 0.274 e. The molecule has 160 valence electrons. The fourth-order valence-corrected chi connectivity index (χ4v) is 4.99. The first-order valence-corrected chi connectivity index (χ1v) is 11.0. The number of hydrogen-bond donors (Lipinski definition) is 1. The van der Waals surface area contributed by atoms with Gasteiger partial charge in [-0.1, -0.05) is 29.3 Å². The quantitative estimate of drug-likeness (QED) is 0.508. The summed E-state index contributed by atoms with van der Waals surface area (Å²) in [6.45, 7) is 1.45. The number of nitro groups is 1. The molecule has 9 nitrogen and oxygen atoms in total. The lowest BCUT2D eigenvalue weighted by Crippen LogP contribution is -2.48. The SMILES string of the molecule is NC(=O)c1ccc(CN2CCN(S(=O)(=O)c3ccc(Cl)c(Cl)c3)CC2)c([N+](=O)[O-])c1. The largest absolute Gasteiger partial charge is 0.366 e. The summed E-state index contributed by atoms with van der Waals surface area (Å²) >= 11 is 11.8. The Morgan fingerprint density at radius 3 is 2.30 bits per heavy atom. The van der Waals surface area contributed by atoms with E-state index in [1.54, 1.807) is 0 Å². The van der Waals surface area contributed by atoms with Crippen LogP contribution in [0.2, 0.25) is 10.0 Å². The van der Waals surface area contributed by atoms with Crippen LogP contribution < -0.4 is 5.73 Å². The first-order valence-electron chi connectivity index (χ1n) is 8.84. The number of rotatable bonds is 6. The van der Waals surface area contributed by atoms with Gasteiger partial charge in [0.1, 0.15) is 0 Å². The molecule has 1 aliphatic rings. The van der Waals surface area contributed by atoms with E-state index >= 15 is 0 Å². The highest BCUT2D eigenvalue weighted by Gasteiger charge is 2.29. The second kappa shape index (κ2) is 8.86. The van der Waals surface area contributed by atoms with E-state index in [1.807, 2.05) is 4.90 Å². The number of sulfonamides is 1. The third-order valence-corrected chi connectivity index (χ3v) is 7.45. The second-order valence-corrected chi connectivity index (χ2v) is 9.47. The molecule has 12 heteroatoms. The van der Waals surface area contributed by atoms with Crippen molar-refractivity contribution in [2.24, 2.45) is 5.73 Å². The highest BCUT2D eigenvalue weighted by atomic mass is 35.5. The summed E-state index contributed by atoms with van der Waals surface area (Å²) in [6.07, 6.45) is 0. The zero-order valence-electron chi connectivity index (χ0n) is 15.6. The molecule has 3 rings (SSSR count). The van der Waals surface area contributed by atoms with Crippen molar-refractivity contribution in [3.8, 4) is 0 Å². The third kappa shape index (κ3) is 4.73. The van der Waals surface area contributed by atoms with Gasteiger partial charge in [0.15, 0.2) is 0 Å². The Morgan fingerprint density at radius 2 is 1.73 bits per heavy atom. The van der Waals surface area contributed by atoms with Crippen molar-refractivity contribution in [3.63, 3.8) is 0 Å². The van der Waals surface area contributed by atoms with Crippen LogP contribution in [0, 0.1) is 10.1 Å². The number of nitro benzene ring substituents is 1. The van der Waals surface area contributed by atoms with Gasteiger partial charge < -0.3 is 5.73 Å². The molecular weight excluding hydrogens is 455 g/mol. The predicted molar refractivity (Wildman–Crippen MR) is 112 cm³/mol. The number of amides is 1. The number of piperazine rings is 1. The van der Waals surface area contributed by atoms with Crippen LogP contribution in [-0.4, -0.2) is 54.6 Å². The summed E-state index contributed by atoms with van der Waals surface area (Å²) in [5, 5.41) is 11.8. The summed E-state index contributed by atoms with van der Waals surface area (Å²) < 4.78 is 27.0. The van der Waals surface area contributed by atoms with Crippen LogP contribution in [0.5, 0.6) is 0 Å². The molecule has 30 heavy (non-hydrogen) atoms. The van der Waals surface area contributed by atoms with Crippen LogP contribution in [0.4, 0.5) is 5.69 Å². The number of carbonyl (C=O) groups is 1. The fourth-order valence-electron chi connectivity index (χ4n) is 3.18. The molecule has 0 unspecified atom stereocenters. The Bertz CT molecular complexity index is 1100. The molecule has 0 atom stereocenters. The fraction of sp³-hybridized carbons (Fsp3) is 0.278. The monoisotopic (exact) mass is 472 g/mol. The van der Waals surface area contributed by atoms with Crippen LogP contribution in [0.15, 0.2) is 41.3 Å². The Kier molecular flexibility index (Phi) is 6.63. The van der Waals surface area contributed by atoms with Gasteiger partial charge in [0.25, 0.3) is 5.69 Å². The molecule has 0 saturated carbocycles. The van der Waals surface area contributed by atoms with E-state index in [0.717, 1.165) is 6.07 Å². The molecule has 0 radical (unpaired) electrons. The Balaban J connectivity index is 1.71. The molecule has 2 aromatic rings.